The van der Waals surface area contributed by atoms with E-state index in [0.717, 1.165) is 16.5 Å². The third-order valence-electron chi connectivity index (χ3n) is 3.07. The van der Waals surface area contributed by atoms with E-state index in [1.807, 2.05) is 24.3 Å². The van der Waals surface area contributed by atoms with Gasteiger partial charge in [0, 0.05) is 20.5 Å². The molecule has 0 saturated carbocycles. The summed E-state index contributed by atoms with van der Waals surface area (Å²) in [5.74, 6) is -0.265. The summed E-state index contributed by atoms with van der Waals surface area (Å²) >= 11 is 1.72. The minimum atomic E-state index is -0.265. The van der Waals surface area contributed by atoms with Crippen LogP contribution in [0.5, 0.6) is 0 Å². The van der Waals surface area contributed by atoms with Gasteiger partial charge in [-0.05, 0) is 18.6 Å². The van der Waals surface area contributed by atoms with Gasteiger partial charge in [0.25, 0.3) is 0 Å². The number of thiophene rings is 1. The Morgan fingerprint density at radius 3 is 2.61 bits per heavy atom. The van der Waals surface area contributed by atoms with Gasteiger partial charge in [0.15, 0.2) is 0 Å². The highest BCUT2D eigenvalue weighted by atomic mass is 32.1. The van der Waals surface area contributed by atoms with Crippen molar-refractivity contribution in [3.05, 3.63) is 46.8 Å². The van der Waals surface area contributed by atoms with E-state index in [1.165, 1.54) is 16.7 Å². The first kappa shape index (κ1) is 11.2. The molecule has 0 atom stereocenters. The van der Waals surface area contributed by atoms with Gasteiger partial charge >= 0.3 is 5.97 Å². The molecule has 2 aliphatic carbocycles. The molecule has 0 aromatic carbocycles. The van der Waals surface area contributed by atoms with Crippen molar-refractivity contribution >= 4 is 27.4 Å². The van der Waals surface area contributed by atoms with Crippen LogP contribution in [0.3, 0.4) is 0 Å². The number of hydrogen-bond donors (Lipinski definition) is 0. The highest BCUT2D eigenvalue weighted by Gasteiger charge is 2.23. The molecule has 18 heavy (non-hydrogen) atoms. The smallest absolute Gasteiger partial charge is 0.339 e. The van der Waals surface area contributed by atoms with Gasteiger partial charge in [0.05, 0.1) is 12.7 Å². The number of fused-ring (bicyclic) bond motifs is 3. The van der Waals surface area contributed by atoms with Gasteiger partial charge in [-0.15, -0.1) is 11.3 Å². The lowest BCUT2D eigenvalue weighted by Gasteiger charge is -2.00. The molecule has 1 aromatic rings. The average Bonchev–Trinajstić information content (AvgIpc) is 2.73. The number of esters is 1. The zero-order valence-corrected chi connectivity index (χ0v) is 11.0. The van der Waals surface area contributed by atoms with Crippen LogP contribution >= 0.6 is 11.3 Å². The number of ether oxygens (including phenoxy) is 1. The summed E-state index contributed by atoms with van der Waals surface area (Å²) < 4.78 is 6.08. The zero-order chi connectivity index (χ0) is 12.7. The summed E-state index contributed by atoms with van der Waals surface area (Å²) in [7, 11) is 1.43. The van der Waals surface area contributed by atoms with E-state index < -0.39 is 0 Å². The Morgan fingerprint density at radius 1 is 1.17 bits per heavy atom. The molecule has 0 amide bonds. The first-order valence-corrected chi connectivity index (χ1v) is 6.53. The number of rotatable bonds is 1. The summed E-state index contributed by atoms with van der Waals surface area (Å²) in [6, 6.07) is 12.0. The van der Waals surface area contributed by atoms with Crippen LogP contribution in [0.25, 0.3) is 21.2 Å². The Labute approximate surface area is 109 Å². The van der Waals surface area contributed by atoms with Crippen molar-refractivity contribution in [3.8, 4) is 11.1 Å². The van der Waals surface area contributed by atoms with Crippen molar-refractivity contribution < 1.29 is 9.53 Å². The molecule has 0 bridgehead atoms. The van der Waals surface area contributed by atoms with Gasteiger partial charge in [0.1, 0.15) is 0 Å². The van der Waals surface area contributed by atoms with Crippen molar-refractivity contribution in [1.82, 2.24) is 0 Å². The SMILES string of the molecule is COC(=O)c1c2cccccc-2c2sc(C)cc12. The number of methoxy groups -OCH3 is 1. The van der Waals surface area contributed by atoms with Gasteiger partial charge in [-0.1, -0.05) is 30.3 Å². The molecule has 0 spiro atoms. The predicted molar refractivity (Wildman–Crippen MR) is 74.5 cm³/mol. The molecule has 3 rings (SSSR count). The number of carbonyl (C=O) groups is 1. The minimum absolute atomic E-state index is 0.265. The molecule has 1 aromatic heterocycles. The topological polar surface area (TPSA) is 26.3 Å². The summed E-state index contributed by atoms with van der Waals surface area (Å²) in [4.78, 5) is 13.2. The van der Waals surface area contributed by atoms with E-state index in [9.17, 15) is 4.79 Å². The Kier molecular flexibility index (Phi) is 2.56. The molecule has 1 heterocycles. The molecule has 90 valence electrons. The van der Waals surface area contributed by atoms with E-state index in [1.54, 1.807) is 11.3 Å². The fourth-order valence-electron chi connectivity index (χ4n) is 2.33. The second-order valence-electron chi connectivity index (χ2n) is 4.20. The molecule has 2 aliphatic rings. The lowest BCUT2D eigenvalue weighted by Crippen LogP contribution is -2.00. The van der Waals surface area contributed by atoms with E-state index in [0.29, 0.717) is 5.56 Å². The highest BCUT2D eigenvalue weighted by molar-refractivity contribution is 7.19. The lowest BCUT2D eigenvalue weighted by atomic mass is 10.1. The third kappa shape index (κ3) is 1.51. The van der Waals surface area contributed by atoms with Crippen molar-refractivity contribution in [2.75, 3.05) is 7.11 Å². The fraction of sp³-hybridized carbons (Fsp3) is 0.133. The third-order valence-corrected chi connectivity index (χ3v) is 4.15. The Balaban J connectivity index is 2.48. The molecule has 0 aliphatic heterocycles. The Morgan fingerprint density at radius 2 is 1.89 bits per heavy atom. The number of aryl methyl sites for hydroxylation is 1. The molecular weight excluding hydrogens is 244 g/mol. The summed E-state index contributed by atoms with van der Waals surface area (Å²) in [6.45, 7) is 2.06. The Hall–Kier alpha value is -1.87. The second-order valence-corrected chi connectivity index (χ2v) is 5.46. The Bertz CT molecular complexity index is 712. The van der Waals surface area contributed by atoms with Gasteiger partial charge < -0.3 is 4.74 Å². The standard InChI is InChI=1S/C15H12O2S/c1-9-8-12-13(15(16)17-2)10-6-4-3-5-7-11(10)14(12)18-9/h3-8H,1-2H3. The number of hydrogen-bond acceptors (Lipinski definition) is 3. The quantitative estimate of drug-likeness (QED) is 0.613. The minimum Gasteiger partial charge on any atom is -0.465 e. The maximum atomic E-state index is 12.0. The summed E-state index contributed by atoms with van der Waals surface area (Å²) in [5.41, 5.74) is 2.77. The number of carbonyl (C=O) groups excluding carboxylic acids is 1. The van der Waals surface area contributed by atoms with Crippen LogP contribution in [-0.2, 0) is 4.74 Å². The average molecular weight is 256 g/mol. The lowest BCUT2D eigenvalue weighted by molar-refractivity contribution is 0.0604. The fourth-order valence-corrected chi connectivity index (χ4v) is 3.39. The molecule has 0 fully saturated rings. The van der Waals surface area contributed by atoms with E-state index >= 15 is 0 Å². The largest absolute Gasteiger partial charge is 0.465 e. The molecule has 3 heteroatoms. The van der Waals surface area contributed by atoms with Crippen molar-refractivity contribution in [2.45, 2.75) is 6.92 Å². The van der Waals surface area contributed by atoms with Crippen LogP contribution in [0.2, 0.25) is 0 Å². The maximum absolute atomic E-state index is 12.0. The predicted octanol–water partition coefficient (Wildman–Crippen LogP) is 4.10. The van der Waals surface area contributed by atoms with E-state index in [2.05, 4.69) is 19.1 Å². The first-order valence-electron chi connectivity index (χ1n) is 5.71. The van der Waals surface area contributed by atoms with Crippen molar-refractivity contribution in [2.24, 2.45) is 0 Å². The van der Waals surface area contributed by atoms with E-state index in [4.69, 9.17) is 4.74 Å². The first-order chi connectivity index (χ1) is 8.72. The van der Waals surface area contributed by atoms with E-state index in [-0.39, 0.29) is 5.97 Å². The van der Waals surface area contributed by atoms with Gasteiger partial charge in [-0.3, -0.25) is 0 Å². The molecule has 0 N–H and O–H groups in total. The molecular formula is C15H12O2S. The van der Waals surface area contributed by atoms with Crippen molar-refractivity contribution in [3.63, 3.8) is 0 Å². The van der Waals surface area contributed by atoms with Crippen molar-refractivity contribution in [1.29, 1.82) is 0 Å². The molecule has 0 radical (unpaired) electrons. The van der Waals surface area contributed by atoms with Crippen LogP contribution in [0.4, 0.5) is 0 Å². The second kappa shape index (κ2) is 4.10. The zero-order valence-electron chi connectivity index (χ0n) is 10.2. The van der Waals surface area contributed by atoms with Crippen LogP contribution in [-0.4, -0.2) is 13.1 Å². The summed E-state index contributed by atoms with van der Waals surface area (Å²) in [5, 5.41) is 1.01. The molecule has 2 nitrogen and oxygen atoms in total. The highest BCUT2D eigenvalue weighted by Crippen LogP contribution is 2.43. The maximum Gasteiger partial charge on any atom is 0.339 e. The molecule has 0 unspecified atom stereocenters. The van der Waals surface area contributed by atoms with Crippen LogP contribution in [0, 0.1) is 6.92 Å². The van der Waals surface area contributed by atoms with Crippen LogP contribution in [0.1, 0.15) is 15.2 Å². The summed E-state index contributed by atoms with van der Waals surface area (Å²) in [6.07, 6.45) is 0. The monoisotopic (exact) mass is 256 g/mol. The van der Waals surface area contributed by atoms with Crippen LogP contribution < -0.4 is 0 Å². The van der Waals surface area contributed by atoms with Gasteiger partial charge in [-0.25, -0.2) is 4.79 Å². The van der Waals surface area contributed by atoms with Gasteiger partial charge in [-0.2, -0.15) is 0 Å². The molecule has 0 saturated heterocycles. The normalized spacial score (nSPS) is 11.0. The van der Waals surface area contributed by atoms with Gasteiger partial charge in [0.2, 0.25) is 0 Å². The van der Waals surface area contributed by atoms with Crippen LogP contribution in [0.15, 0.2) is 36.4 Å².